The monoisotopic (exact) mass is 949 g/mol. The summed E-state index contributed by atoms with van der Waals surface area (Å²) in [4.78, 5) is 93.7. The van der Waals surface area contributed by atoms with E-state index in [1.54, 1.807) is 0 Å². The molecular weight excluding hydrogens is 884 g/mol. The number of nitrogens with one attached hydrogen (secondary N) is 4. The predicted octanol–water partition coefficient (Wildman–Crippen LogP) is 3.64. The topological polar surface area (TPSA) is 281 Å². The van der Waals surface area contributed by atoms with Crippen molar-refractivity contribution in [3.63, 3.8) is 0 Å². The Morgan fingerprint density at radius 2 is 1.34 bits per heavy atom. The molecule has 0 aromatic heterocycles. The number of likely N-dealkylation sites (N-methyl/N-ethyl adjacent to an activating group) is 2. The van der Waals surface area contributed by atoms with Crippen molar-refractivity contribution in [3.8, 4) is 22.6 Å². The minimum Gasteiger partial charge on any atom is -0.507 e. The average molecular weight is 950 g/mol. The van der Waals surface area contributed by atoms with Crippen LogP contribution in [0.2, 0.25) is 0 Å². The van der Waals surface area contributed by atoms with Crippen molar-refractivity contribution in [2.45, 2.75) is 146 Å². The molecule has 0 radical (unpaired) electrons. The fraction of sp³-hybridized carbons (Fsp3) is 0.587. The summed E-state index contributed by atoms with van der Waals surface area (Å²) in [7, 11) is 2.37. The van der Waals surface area contributed by atoms with Crippen LogP contribution < -0.4 is 27.0 Å². The van der Waals surface area contributed by atoms with E-state index in [-0.39, 0.29) is 28.7 Å². The maximum absolute atomic E-state index is 14.0. The smallest absolute Gasteiger partial charge is 0.391 e. The fourth-order valence-corrected chi connectivity index (χ4v) is 7.70. The Morgan fingerprint density at radius 3 is 1.90 bits per heavy atom. The number of carbonyl (C=O) groups is 7. The second-order valence-corrected chi connectivity index (χ2v) is 16.9. The summed E-state index contributed by atoms with van der Waals surface area (Å²) in [6.45, 7) is 0.486. The van der Waals surface area contributed by atoms with Crippen LogP contribution >= 0.6 is 0 Å². The van der Waals surface area contributed by atoms with Crippen LogP contribution in [-0.2, 0) is 40.0 Å². The lowest BCUT2D eigenvalue weighted by molar-refractivity contribution is -0.154. The molecule has 0 aliphatic carbocycles. The third-order valence-corrected chi connectivity index (χ3v) is 11.7. The lowest BCUT2D eigenvalue weighted by Crippen LogP contribution is -2.59. The fourth-order valence-electron chi connectivity index (χ4n) is 7.70. The number of rotatable bonds is 24. The first kappa shape index (κ1) is 55.4. The number of hydrogen-bond donors (Lipinski definition) is 9. The molecule has 372 valence electrons. The van der Waals surface area contributed by atoms with Crippen LogP contribution in [0, 0.1) is 0 Å². The van der Waals surface area contributed by atoms with Crippen molar-refractivity contribution in [1.82, 2.24) is 31.1 Å². The quantitative estimate of drug-likeness (QED) is 0.0539. The molecule has 0 spiro atoms. The lowest BCUT2D eigenvalue weighted by Gasteiger charge is -2.31. The molecule has 21 heteroatoms. The van der Waals surface area contributed by atoms with Crippen LogP contribution in [0.3, 0.4) is 0 Å². The number of unbranched alkanes of at least 4 members (excludes halogenated alkanes) is 12. The number of phenols is 2. The van der Waals surface area contributed by atoms with E-state index in [1.165, 1.54) is 70.5 Å². The highest BCUT2D eigenvalue weighted by Crippen LogP contribution is 2.39. The number of hydrogen-bond acceptors (Lipinski definition) is 11. The number of alkyl halides is 3. The van der Waals surface area contributed by atoms with Crippen molar-refractivity contribution < 1.29 is 67.2 Å². The first-order valence-corrected chi connectivity index (χ1v) is 22.7. The van der Waals surface area contributed by atoms with Gasteiger partial charge in [-0.05, 0) is 41.8 Å². The molecule has 67 heavy (non-hydrogen) atoms. The predicted molar refractivity (Wildman–Crippen MR) is 240 cm³/mol. The van der Waals surface area contributed by atoms with Crippen LogP contribution in [0.1, 0.15) is 120 Å². The number of aromatic hydroxyl groups is 2. The number of benzene rings is 2. The summed E-state index contributed by atoms with van der Waals surface area (Å²) in [6, 6.07) is -0.373. The Morgan fingerprint density at radius 1 is 0.791 bits per heavy atom. The normalized spacial score (nSPS) is 17.2. The zero-order valence-corrected chi connectivity index (χ0v) is 38.3. The highest BCUT2D eigenvalue weighted by Gasteiger charge is 2.40. The van der Waals surface area contributed by atoms with Crippen LogP contribution in [0.4, 0.5) is 13.2 Å². The van der Waals surface area contributed by atoms with Gasteiger partial charge in [-0.2, -0.15) is 13.2 Å². The third-order valence-electron chi connectivity index (χ3n) is 11.7. The summed E-state index contributed by atoms with van der Waals surface area (Å²) in [6.07, 6.45) is 5.42. The van der Waals surface area contributed by atoms with Gasteiger partial charge in [0.15, 0.2) is 6.17 Å². The molecule has 4 bridgehead atoms. The Kier molecular flexibility index (Phi) is 22.3. The molecule has 6 amide bonds. The minimum absolute atomic E-state index is 0.0652. The summed E-state index contributed by atoms with van der Waals surface area (Å²) in [5.74, 6) is -8.93. The number of phenolic OH excluding ortho intramolecular Hbond substituents is 2. The summed E-state index contributed by atoms with van der Waals surface area (Å²) < 4.78 is 41.4. The number of carboxylic acid groups (broad SMARTS) is 1. The van der Waals surface area contributed by atoms with Crippen molar-refractivity contribution in [3.05, 3.63) is 47.5 Å². The minimum atomic E-state index is -5.05. The molecule has 1 heterocycles. The maximum Gasteiger partial charge on any atom is 0.391 e. The molecule has 0 saturated carbocycles. The second kappa shape index (κ2) is 27.0. The molecule has 2 aromatic carbocycles. The van der Waals surface area contributed by atoms with Crippen LogP contribution in [-0.4, -0.2) is 129 Å². The number of aliphatic hydroxyl groups is 1. The van der Waals surface area contributed by atoms with E-state index in [9.17, 15) is 67.2 Å². The number of nitrogens with zero attached hydrogens (tertiary/aromatic N) is 2. The first-order chi connectivity index (χ1) is 31.7. The molecule has 2 aromatic rings. The van der Waals surface area contributed by atoms with Gasteiger partial charge in [-0.15, -0.1) is 0 Å². The summed E-state index contributed by atoms with van der Waals surface area (Å²) >= 11 is 0. The number of carbonyl (C=O) groups excluding carboxylic acids is 6. The van der Waals surface area contributed by atoms with Gasteiger partial charge in [-0.25, -0.2) is 4.79 Å². The molecule has 0 fully saturated rings. The largest absolute Gasteiger partial charge is 0.507 e. The van der Waals surface area contributed by atoms with E-state index < -0.39 is 115 Å². The van der Waals surface area contributed by atoms with E-state index in [1.807, 2.05) is 10.6 Å². The Labute approximate surface area is 388 Å². The molecule has 18 nitrogen and oxygen atoms in total. The van der Waals surface area contributed by atoms with Gasteiger partial charge >= 0.3 is 12.1 Å². The van der Waals surface area contributed by atoms with Crippen molar-refractivity contribution in [2.24, 2.45) is 5.73 Å². The molecule has 1 aliphatic rings. The van der Waals surface area contributed by atoms with E-state index in [0.29, 0.717) is 11.3 Å². The number of carboxylic acids is 1. The van der Waals surface area contributed by atoms with Gasteiger partial charge < -0.3 is 57.2 Å². The van der Waals surface area contributed by atoms with Gasteiger partial charge in [-0.3, -0.25) is 28.8 Å². The summed E-state index contributed by atoms with van der Waals surface area (Å²) in [5.41, 5.74) is 5.74. The number of aliphatic hydroxyl groups excluding tert-OH is 1. The van der Waals surface area contributed by atoms with Crippen LogP contribution in [0.5, 0.6) is 11.5 Å². The Hall–Kier alpha value is -5.96. The Balaban J connectivity index is 1.68. The molecule has 1 unspecified atom stereocenters. The lowest BCUT2D eigenvalue weighted by atomic mass is 9.93. The maximum atomic E-state index is 14.0. The molecule has 3 rings (SSSR count). The van der Waals surface area contributed by atoms with Gasteiger partial charge in [0.25, 0.3) is 5.91 Å². The van der Waals surface area contributed by atoms with Gasteiger partial charge in [0.1, 0.15) is 35.7 Å². The second-order valence-electron chi connectivity index (χ2n) is 16.9. The average Bonchev–Trinajstić information content (AvgIpc) is 3.26. The standard InChI is InChI=1S/C46H66F3N7O11/c1-4-5-6-7-8-9-10-11-12-13-14-15-16-17-37(60)55(2)34(27-57)42(63)54-40(50)44(65)51-26-38(61)56(3)39-29-19-21-36(59)31(24-29)30-22-28(18-20-35(30)58)23-32(45(66)67)52-41(62)33(53-43(39)64)25-46(47,48)49/h18-22,24,32-34,39-40,57-59H,4-17,23,25-27,50H2,1-3H3,(H,51,65)(H,52,62)(H,53,64)(H,54,63)(H,66,67)/t32-,33?,34+,39-,40-/m0/s1. The molecule has 1 aliphatic heterocycles. The Bertz CT molecular complexity index is 2020. The van der Waals surface area contributed by atoms with Gasteiger partial charge in [0.2, 0.25) is 29.5 Å². The number of nitrogens with two attached hydrogens (primary N) is 1. The molecular formula is C46H66F3N7O11. The zero-order valence-electron chi connectivity index (χ0n) is 38.3. The molecule has 10 N–H and O–H groups in total. The highest BCUT2D eigenvalue weighted by atomic mass is 19.4. The summed E-state index contributed by atoms with van der Waals surface area (Å²) in [5, 5.41) is 49.8. The number of fused-ring (bicyclic) bond motifs is 5. The van der Waals surface area contributed by atoms with Crippen molar-refractivity contribution in [2.75, 3.05) is 27.2 Å². The van der Waals surface area contributed by atoms with Crippen molar-refractivity contribution in [1.29, 1.82) is 0 Å². The molecule has 5 atom stereocenters. The molecule has 0 saturated heterocycles. The first-order valence-electron chi connectivity index (χ1n) is 22.7. The van der Waals surface area contributed by atoms with E-state index in [0.717, 1.165) is 61.9 Å². The van der Waals surface area contributed by atoms with E-state index >= 15 is 0 Å². The number of amides is 6. The van der Waals surface area contributed by atoms with Gasteiger partial charge in [0, 0.05) is 38.1 Å². The van der Waals surface area contributed by atoms with E-state index in [2.05, 4.69) is 17.6 Å². The van der Waals surface area contributed by atoms with Crippen LogP contribution in [0.15, 0.2) is 36.4 Å². The number of halogens is 3. The van der Waals surface area contributed by atoms with E-state index in [4.69, 9.17) is 5.73 Å². The van der Waals surface area contributed by atoms with Crippen LogP contribution in [0.25, 0.3) is 11.1 Å². The van der Waals surface area contributed by atoms with Crippen molar-refractivity contribution >= 4 is 41.4 Å². The highest BCUT2D eigenvalue weighted by molar-refractivity contribution is 5.96. The van der Waals surface area contributed by atoms with Gasteiger partial charge in [-0.1, -0.05) is 96.1 Å². The zero-order chi connectivity index (χ0) is 49.8. The SMILES string of the molecule is CCCCCCCCCCCCCCCC(=O)N(C)[C@H](CO)C(=O)N[C@H](N)C(=O)NCC(=O)N(C)[C@@H]1C(=O)NC(CC(F)(F)F)C(=O)N[C@H](C(=O)O)Cc2ccc(O)c(c2)-c2cc1ccc2O. The number of aliphatic carboxylic acids is 1. The van der Waals surface area contributed by atoms with Gasteiger partial charge in [0.05, 0.1) is 19.6 Å². The third kappa shape index (κ3) is 17.7.